The van der Waals surface area contributed by atoms with E-state index in [0.717, 1.165) is 24.2 Å². The summed E-state index contributed by atoms with van der Waals surface area (Å²) in [6.07, 6.45) is 12.5. The molecule has 2 aromatic rings. The molecule has 0 saturated heterocycles. The van der Waals surface area contributed by atoms with E-state index in [1.807, 2.05) is 0 Å². The third-order valence-electron chi connectivity index (χ3n) is 7.30. The highest BCUT2D eigenvalue weighted by atomic mass is 14.3. The Hall–Kier alpha value is -1.56. The Labute approximate surface area is 160 Å². The fraction of sp³-hybridized carbons (Fsp3) is 0.538. The van der Waals surface area contributed by atoms with Crippen molar-refractivity contribution in [2.45, 2.75) is 71.6 Å². The molecule has 138 valence electrons. The maximum Gasteiger partial charge on any atom is -0.0181 e. The van der Waals surface area contributed by atoms with Crippen molar-refractivity contribution in [1.82, 2.24) is 0 Å². The van der Waals surface area contributed by atoms with E-state index < -0.39 is 0 Å². The lowest BCUT2D eigenvalue weighted by molar-refractivity contribution is 0.187. The molecule has 2 aromatic carbocycles. The minimum Gasteiger partial charge on any atom is -0.0651 e. The van der Waals surface area contributed by atoms with E-state index in [4.69, 9.17) is 0 Å². The van der Waals surface area contributed by atoms with Gasteiger partial charge in [-0.1, -0.05) is 75.6 Å². The third-order valence-corrected chi connectivity index (χ3v) is 7.30. The molecule has 0 heteroatoms. The zero-order valence-corrected chi connectivity index (χ0v) is 16.6. The van der Waals surface area contributed by atoms with Crippen LogP contribution in [0.25, 0.3) is 11.1 Å². The molecule has 1 unspecified atom stereocenters. The van der Waals surface area contributed by atoms with Crippen LogP contribution in [0.15, 0.2) is 42.5 Å². The standard InChI is InChI=1S/C26H34/c1-3-19-5-9-21(10-6-19)23-13-15-26-18-24(14-16-25(26)17-23)22-11-7-20(4-2)8-12-22/h5-6,9-10,13,15,17,20,22,24H,3-4,7-8,11-12,14,16,18H2,1-2H3. The molecule has 2 aliphatic carbocycles. The molecule has 2 aliphatic rings. The topological polar surface area (TPSA) is 0 Å². The smallest absolute Gasteiger partial charge is 0.0181 e. The molecular weight excluding hydrogens is 312 g/mol. The van der Waals surface area contributed by atoms with Gasteiger partial charge in [0, 0.05) is 0 Å². The van der Waals surface area contributed by atoms with Crippen LogP contribution in [0.3, 0.4) is 0 Å². The summed E-state index contributed by atoms with van der Waals surface area (Å²) in [6.45, 7) is 4.59. The molecule has 26 heavy (non-hydrogen) atoms. The summed E-state index contributed by atoms with van der Waals surface area (Å²) in [7, 11) is 0. The first-order chi connectivity index (χ1) is 12.8. The molecule has 1 atom stereocenters. The first-order valence-electron chi connectivity index (χ1n) is 11.0. The van der Waals surface area contributed by atoms with Gasteiger partial charge in [0.1, 0.15) is 0 Å². The highest BCUT2D eigenvalue weighted by molar-refractivity contribution is 5.65. The minimum absolute atomic E-state index is 0.940. The predicted molar refractivity (Wildman–Crippen MR) is 113 cm³/mol. The summed E-state index contributed by atoms with van der Waals surface area (Å²) >= 11 is 0. The molecule has 0 aliphatic heterocycles. The Morgan fingerprint density at radius 3 is 2.15 bits per heavy atom. The van der Waals surface area contributed by atoms with Gasteiger partial charge >= 0.3 is 0 Å². The lowest BCUT2D eigenvalue weighted by atomic mass is 9.69. The summed E-state index contributed by atoms with van der Waals surface area (Å²) in [5.41, 5.74) is 7.43. The number of aryl methyl sites for hydroxylation is 2. The van der Waals surface area contributed by atoms with Crippen molar-refractivity contribution in [3.8, 4) is 11.1 Å². The Kier molecular flexibility index (Phi) is 5.48. The van der Waals surface area contributed by atoms with Gasteiger partial charge in [-0.25, -0.2) is 0 Å². The lowest BCUT2D eigenvalue weighted by Crippen LogP contribution is -2.26. The van der Waals surface area contributed by atoms with Crippen molar-refractivity contribution in [1.29, 1.82) is 0 Å². The third kappa shape index (κ3) is 3.75. The molecule has 0 nitrogen and oxygen atoms in total. The highest BCUT2D eigenvalue weighted by Crippen LogP contribution is 2.40. The Balaban J connectivity index is 1.45. The highest BCUT2D eigenvalue weighted by Gasteiger charge is 2.29. The van der Waals surface area contributed by atoms with Crippen LogP contribution in [0.4, 0.5) is 0 Å². The first-order valence-corrected chi connectivity index (χ1v) is 11.0. The Morgan fingerprint density at radius 2 is 1.46 bits per heavy atom. The van der Waals surface area contributed by atoms with Crippen LogP contribution in [0.2, 0.25) is 0 Å². The molecule has 4 rings (SSSR count). The molecule has 0 N–H and O–H groups in total. The number of fused-ring (bicyclic) bond motifs is 1. The molecular formula is C26H34. The molecule has 1 fully saturated rings. The van der Waals surface area contributed by atoms with Crippen LogP contribution in [0.5, 0.6) is 0 Å². The normalized spacial score (nSPS) is 25.7. The van der Waals surface area contributed by atoms with Crippen molar-refractivity contribution in [2.75, 3.05) is 0 Å². The predicted octanol–water partition coefficient (Wildman–Crippen LogP) is 7.24. The van der Waals surface area contributed by atoms with Gasteiger partial charge in [-0.2, -0.15) is 0 Å². The van der Waals surface area contributed by atoms with Crippen molar-refractivity contribution < 1.29 is 0 Å². The van der Waals surface area contributed by atoms with Crippen LogP contribution in [0.1, 0.15) is 69.1 Å². The van der Waals surface area contributed by atoms with Crippen molar-refractivity contribution in [2.24, 2.45) is 17.8 Å². The molecule has 0 aromatic heterocycles. The van der Waals surface area contributed by atoms with Crippen LogP contribution >= 0.6 is 0 Å². The van der Waals surface area contributed by atoms with E-state index in [1.54, 1.807) is 11.1 Å². The van der Waals surface area contributed by atoms with E-state index in [1.165, 1.54) is 68.1 Å². The molecule has 0 bridgehead atoms. The zero-order valence-electron chi connectivity index (χ0n) is 16.6. The molecule has 1 saturated carbocycles. The van der Waals surface area contributed by atoms with Crippen molar-refractivity contribution in [3.05, 3.63) is 59.2 Å². The summed E-state index contributed by atoms with van der Waals surface area (Å²) in [5, 5.41) is 0. The van der Waals surface area contributed by atoms with Gasteiger partial charge < -0.3 is 0 Å². The van der Waals surface area contributed by atoms with Gasteiger partial charge in [0.2, 0.25) is 0 Å². The summed E-state index contributed by atoms with van der Waals surface area (Å²) in [5.74, 6) is 2.95. The van der Waals surface area contributed by atoms with E-state index in [-0.39, 0.29) is 0 Å². The van der Waals surface area contributed by atoms with Gasteiger partial charge in [0.25, 0.3) is 0 Å². The van der Waals surface area contributed by atoms with E-state index in [9.17, 15) is 0 Å². The van der Waals surface area contributed by atoms with Crippen LogP contribution in [-0.4, -0.2) is 0 Å². The number of benzene rings is 2. The SMILES string of the molecule is CCc1ccc(-c2ccc3c(c2)CCC(C2CCC(CC)CC2)C3)cc1. The average molecular weight is 347 g/mol. The second kappa shape index (κ2) is 7.99. The van der Waals surface area contributed by atoms with Crippen molar-refractivity contribution >= 4 is 0 Å². The minimum atomic E-state index is 0.940. The zero-order chi connectivity index (χ0) is 17.9. The second-order valence-corrected chi connectivity index (χ2v) is 8.73. The van der Waals surface area contributed by atoms with Gasteiger partial charge in [-0.15, -0.1) is 0 Å². The fourth-order valence-corrected chi connectivity index (χ4v) is 5.37. The largest absolute Gasteiger partial charge is 0.0651 e. The Morgan fingerprint density at radius 1 is 0.731 bits per heavy atom. The lowest BCUT2D eigenvalue weighted by Gasteiger charge is -2.36. The maximum atomic E-state index is 2.47. The summed E-state index contributed by atoms with van der Waals surface area (Å²) in [6, 6.07) is 16.4. The van der Waals surface area contributed by atoms with E-state index >= 15 is 0 Å². The van der Waals surface area contributed by atoms with Gasteiger partial charge in [0.05, 0.1) is 0 Å². The summed E-state index contributed by atoms with van der Waals surface area (Å²) in [4.78, 5) is 0. The molecule has 0 amide bonds. The number of hydrogen-bond donors (Lipinski definition) is 0. The summed E-state index contributed by atoms with van der Waals surface area (Å²) < 4.78 is 0. The molecule has 0 spiro atoms. The monoisotopic (exact) mass is 346 g/mol. The Bertz CT molecular complexity index is 716. The van der Waals surface area contributed by atoms with Crippen LogP contribution in [0, 0.1) is 17.8 Å². The van der Waals surface area contributed by atoms with Crippen LogP contribution in [-0.2, 0) is 19.3 Å². The fourth-order valence-electron chi connectivity index (χ4n) is 5.37. The second-order valence-electron chi connectivity index (χ2n) is 8.73. The first kappa shape index (κ1) is 17.8. The van der Waals surface area contributed by atoms with E-state index in [0.29, 0.717) is 0 Å². The number of rotatable bonds is 4. The quantitative estimate of drug-likeness (QED) is 0.547. The van der Waals surface area contributed by atoms with Gasteiger partial charge in [0.15, 0.2) is 0 Å². The van der Waals surface area contributed by atoms with Gasteiger partial charge in [-0.05, 0) is 84.1 Å². The average Bonchev–Trinajstić information content (AvgIpc) is 2.73. The number of hydrogen-bond acceptors (Lipinski definition) is 0. The van der Waals surface area contributed by atoms with Crippen molar-refractivity contribution in [3.63, 3.8) is 0 Å². The molecule has 0 radical (unpaired) electrons. The maximum absolute atomic E-state index is 2.47. The van der Waals surface area contributed by atoms with Crippen LogP contribution < -0.4 is 0 Å². The van der Waals surface area contributed by atoms with Gasteiger partial charge in [-0.3, -0.25) is 0 Å². The van der Waals surface area contributed by atoms with E-state index in [2.05, 4.69) is 56.3 Å². The molecule has 0 heterocycles.